The predicted octanol–water partition coefficient (Wildman–Crippen LogP) is 3.43. The molecular weight excluding hydrogens is 315 g/mol. The first-order valence-electron chi connectivity index (χ1n) is 4.02. The Labute approximate surface area is 99.5 Å². The minimum atomic E-state index is -4.86. The molecule has 0 saturated carbocycles. The van der Waals surface area contributed by atoms with Crippen molar-refractivity contribution in [3.63, 3.8) is 0 Å². The third-order valence-electron chi connectivity index (χ3n) is 1.75. The first-order chi connectivity index (χ1) is 7.64. The van der Waals surface area contributed by atoms with E-state index in [-0.39, 0.29) is 6.07 Å². The molecule has 17 heavy (non-hydrogen) atoms. The average Bonchev–Trinajstić information content (AvgIpc) is 2.15. The second-order valence-corrected chi connectivity index (χ2v) is 3.35. The van der Waals surface area contributed by atoms with E-state index in [1.54, 1.807) is 0 Å². The molecule has 92 valence electrons. The maximum absolute atomic E-state index is 12.3. The van der Waals surface area contributed by atoms with Gasteiger partial charge in [-0.3, -0.25) is 0 Å². The van der Waals surface area contributed by atoms with Crippen LogP contribution in [0, 0.1) is 0 Å². The van der Waals surface area contributed by atoms with E-state index in [1.165, 1.54) is 0 Å². The van der Waals surface area contributed by atoms with Gasteiger partial charge in [0.05, 0.1) is 0 Å². The van der Waals surface area contributed by atoms with Crippen LogP contribution in [0.4, 0.5) is 32.0 Å². The van der Waals surface area contributed by atoms with Gasteiger partial charge >= 0.3 is 99.0 Å². The fourth-order valence-corrected chi connectivity index (χ4v) is 1.28. The summed E-state index contributed by atoms with van der Waals surface area (Å²) in [7, 11) is 0. The molecule has 0 aromatic heterocycles. The molecule has 0 aliphatic heterocycles. The molecule has 8 heteroatoms. The van der Waals surface area contributed by atoms with E-state index >= 15 is 0 Å². The molecule has 0 heterocycles. The molecule has 0 spiro atoms. The van der Waals surface area contributed by atoms with Crippen molar-refractivity contribution >= 4 is 26.0 Å². The van der Waals surface area contributed by atoms with Gasteiger partial charge in [-0.15, -0.1) is 0 Å². The second kappa shape index (κ2) is 4.64. The van der Waals surface area contributed by atoms with Gasteiger partial charge in [0, 0.05) is 0 Å². The molecule has 0 amide bonds. The zero-order valence-corrected chi connectivity index (χ0v) is 9.57. The normalized spacial score (nSPS) is 12.1. The Morgan fingerprint density at radius 1 is 0.882 bits per heavy atom. The number of halogens is 6. The summed E-state index contributed by atoms with van der Waals surface area (Å²) in [6.45, 7) is 0. The van der Waals surface area contributed by atoms with Gasteiger partial charge < -0.3 is 0 Å². The fourth-order valence-electron chi connectivity index (χ4n) is 1.06. The van der Waals surface area contributed by atoms with Crippen LogP contribution in [0.3, 0.4) is 0 Å². The zero-order chi connectivity index (χ0) is 13.3. The van der Waals surface area contributed by atoms with Gasteiger partial charge in [-0.2, -0.15) is 0 Å². The number of rotatable bonds is 1. The van der Waals surface area contributed by atoms with Crippen molar-refractivity contribution in [3.05, 3.63) is 29.3 Å². The topological polar surface area (TPSA) is 12.4 Å². The van der Waals surface area contributed by atoms with E-state index in [0.29, 0.717) is 12.1 Å². The molecule has 1 nitrogen and oxygen atoms in total. The molecule has 1 aromatic carbocycles. The van der Waals surface area contributed by atoms with E-state index in [1.807, 2.05) is 4.71 Å². The van der Waals surface area contributed by atoms with Crippen LogP contribution < -0.4 is 0 Å². The van der Waals surface area contributed by atoms with Gasteiger partial charge in [0.25, 0.3) is 0 Å². The first kappa shape index (κ1) is 14.0. The number of hydrogen-bond acceptors (Lipinski definition) is 1. The summed E-state index contributed by atoms with van der Waals surface area (Å²) in [4.78, 5) is 3.25. The molecule has 0 N–H and O–H groups in total. The van der Waals surface area contributed by atoms with Gasteiger partial charge in [-0.05, 0) is 0 Å². The fraction of sp³-hybridized carbons (Fsp3) is 0.222. The summed E-state index contributed by atoms with van der Waals surface area (Å²) >= 11 is 2.13. The van der Waals surface area contributed by atoms with Gasteiger partial charge in [-0.25, -0.2) is 0 Å². The van der Waals surface area contributed by atoms with Crippen LogP contribution in [0.15, 0.2) is 23.2 Å². The zero-order valence-electron chi connectivity index (χ0n) is 7.86. The number of aliphatic imine (C=N–C) groups is 1. The van der Waals surface area contributed by atoms with Crippen LogP contribution in [0.1, 0.15) is 11.1 Å². The molecule has 0 aliphatic carbocycles. The van der Waals surface area contributed by atoms with Gasteiger partial charge in [0.1, 0.15) is 0 Å². The summed E-state index contributed by atoms with van der Waals surface area (Å²) in [6, 6.07) is 1.07. The number of benzene rings is 1. The Balaban J connectivity index is 3.44. The van der Waals surface area contributed by atoms with E-state index in [4.69, 9.17) is 0 Å². The molecule has 0 saturated heterocycles. The average molecular weight is 318 g/mol. The first-order valence-corrected chi connectivity index (χ1v) is 4.87. The molecule has 0 fully saturated rings. The molecule has 1 rings (SSSR count). The Morgan fingerprint density at radius 3 is 1.59 bits per heavy atom. The van der Waals surface area contributed by atoms with Crippen LogP contribution in [-0.4, -0.2) is 20.3 Å². The Bertz CT molecular complexity index is 437. The van der Waals surface area contributed by atoms with Crippen LogP contribution >= 0.6 is 0 Å². The van der Waals surface area contributed by atoms with Gasteiger partial charge in [0.15, 0.2) is 0 Å². The number of nitrogens with zero attached hydrogens (tertiary/aromatic N) is 1. The molecular formula is C9H3F6NSe. The third-order valence-corrected chi connectivity index (χ3v) is 1.94. The van der Waals surface area contributed by atoms with Crippen LogP contribution in [0.2, 0.25) is 0 Å². The van der Waals surface area contributed by atoms with Crippen molar-refractivity contribution in [1.82, 2.24) is 0 Å². The monoisotopic (exact) mass is 319 g/mol. The summed E-state index contributed by atoms with van der Waals surface area (Å²) in [5, 5.41) is 0. The second-order valence-electron chi connectivity index (χ2n) is 2.97. The van der Waals surface area contributed by atoms with Gasteiger partial charge in [-0.1, -0.05) is 0 Å². The third kappa shape index (κ3) is 3.70. The van der Waals surface area contributed by atoms with Crippen LogP contribution in [0.25, 0.3) is 0 Å². The number of alkyl halides is 6. The summed E-state index contributed by atoms with van der Waals surface area (Å²) in [6.07, 6.45) is -9.72. The van der Waals surface area contributed by atoms with Crippen molar-refractivity contribution in [1.29, 1.82) is 0 Å². The predicted molar refractivity (Wildman–Crippen MR) is 49.3 cm³/mol. The number of hydrogen-bond donors (Lipinski definition) is 0. The van der Waals surface area contributed by atoms with Crippen LogP contribution in [-0.2, 0) is 12.4 Å². The molecule has 0 aliphatic rings. The quantitative estimate of drug-likeness (QED) is 0.427. The SMILES string of the molecule is FC(F)(F)c1cc(N=C=[Se])cc(C(F)(F)F)c1. The van der Waals surface area contributed by atoms with Crippen molar-refractivity contribution in [3.8, 4) is 0 Å². The van der Waals surface area contributed by atoms with Gasteiger partial charge in [0.2, 0.25) is 0 Å². The van der Waals surface area contributed by atoms with Crippen molar-refractivity contribution in [2.24, 2.45) is 4.99 Å². The van der Waals surface area contributed by atoms with Crippen molar-refractivity contribution in [2.75, 3.05) is 0 Å². The van der Waals surface area contributed by atoms with E-state index in [0.717, 1.165) is 0 Å². The van der Waals surface area contributed by atoms with E-state index in [9.17, 15) is 26.3 Å². The summed E-state index contributed by atoms with van der Waals surface area (Å²) < 4.78 is 76.0. The molecule has 0 radical (unpaired) electrons. The molecule has 0 bridgehead atoms. The standard InChI is InChI=1S/C9H3F6NSe/c10-8(11,12)5-1-6(9(13,14)15)3-7(2-5)16-4-17/h1-3H. The van der Waals surface area contributed by atoms with Crippen molar-refractivity contribution in [2.45, 2.75) is 12.4 Å². The van der Waals surface area contributed by atoms with Crippen LogP contribution in [0.5, 0.6) is 0 Å². The summed E-state index contributed by atoms with van der Waals surface area (Å²) in [5.74, 6) is 0. The Hall–Kier alpha value is -1.10. The minimum absolute atomic E-state index is 0.0401. The van der Waals surface area contributed by atoms with E-state index in [2.05, 4.69) is 20.6 Å². The molecule has 1 aromatic rings. The maximum atomic E-state index is 12.3. The van der Waals surface area contributed by atoms with Crippen molar-refractivity contribution < 1.29 is 26.3 Å². The van der Waals surface area contributed by atoms with E-state index < -0.39 is 29.2 Å². The molecule has 0 atom stereocenters. The summed E-state index contributed by atoms with van der Waals surface area (Å²) in [5.41, 5.74) is -3.27. The molecule has 0 unspecified atom stereocenters. The Kier molecular flexibility index (Phi) is 3.81. The Morgan fingerprint density at radius 2 is 1.29 bits per heavy atom.